The van der Waals surface area contributed by atoms with Gasteiger partial charge < -0.3 is 5.11 Å². The van der Waals surface area contributed by atoms with Crippen molar-refractivity contribution in [2.24, 2.45) is 34.5 Å². The van der Waals surface area contributed by atoms with E-state index in [2.05, 4.69) is 61.5 Å². The Bertz CT molecular complexity index is 1740. The van der Waals surface area contributed by atoms with E-state index in [9.17, 15) is 9.90 Å². The molecular formula is C38H43N3O2. The maximum Gasteiger partial charge on any atom is 0.282 e. The lowest BCUT2D eigenvalue weighted by Gasteiger charge is -2.60. The van der Waals surface area contributed by atoms with Crippen molar-refractivity contribution in [2.45, 2.75) is 85.2 Å². The second kappa shape index (κ2) is 9.59. The van der Waals surface area contributed by atoms with Crippen LogP contribution in [0.2, 0.25) is 0 Å². The van der Waals surface area contributed by atoms with Gasteiger partial charge in [0.2, 0.25) is 0 Å². The zero-order valence-corrected chi connectivity index (χ0v) is 25.9. The molecule has 6 aliphatic rings. The summed E-state index contributed by atoms with van der Waals surface area (Å²) in [5.41, 5.74) is 7.69. The quantitative estimate of drug-likeness (QED) is 0.273. The first-order chi connectivity index (χ1) is 20.7. The highest BCUT2D eigenvalue weighted by atomic mass is 16.3. The van der Waals surface area contributed by atoms with Crippen LogP contribution in [0.1, 0.15) is 74.8 Å². The van der Waals surface area contributed by atoms with Gasteiger partial charge in [-0.05, 0) is 122 Å². The summed E-state index contributed by atoms with van der Waals surface area (Å²) >= 11 is 0. The van der Waals surface area contributed by atoms with Crippen molar-refractivity contribution in [3.63, 3.8) is 0 Å². The Morgan fingerprint density at radius 1 is 0.860 bits per heavy atom. The molecule has 3 saturated carbocycles. The fraction of sp³-hybridized carbons (Fsp3) is 0.500. The Hall–Kier alpha value is -3.31. The minimum Gasteiger partial charge on any atom is -0.393 e. The van der Waals surface area contributed by atoms with E-state index in [0.29, 0.717) is 35.1 Å². The molecule has 2 aromatic rings. The third-order valence-corrected chi connectivity index (χ3v) is 12.8. The lowest BCUT2D eigenvalue weighted by Crippen LogP contribution is -2.55. The Labute approximate surface area is 254 Å². The molecule has 0 saturated heterocycles. The van der Waals surface area contributed by atoms with E-state index in [1.807, 2.05) is 30.3 Å². The van der Waals surface area contributed by atoms with Crippen molar-refractivity contribution >= 4 is 0 Å². The number of fused-ring (bicyclic) bond motifs is 7. The standard InChI is InChI=1S/C38H43N3O2/c1-22-9-8-10-23(2)33(22)41-31-20-26-13-14-27-29-15-16-32(42)37(29,3)18-17-30(27)38(26,4)21-25(31)19-28-35(41)39-34(40-36(28)43)24-11-6-5-7-12-24/h5-12,19,26-27,29-30,32,42H,13-18,20-21H2,1-4H3/t26-,27-,29-,30-,32-,37-,38-/m0/s1. The predicted molar refractivity (Wildman–Crippen MR) is 170 cm³/mol. The Morgan fingerprint density at radius 3 is 2.37 bits per heavy atom. The van der Waals surface area contributed by atoms with Gasteiger partial charge >= 0.3 is 0 Å². The molecular weight excluding hydrogens is 530 g/mol. The van der Waals surface area contributed by atoms with E-state index in [0.717, 1.165) is 42.8 Å². The first-order valence-corrected chi connectivity index (χ1v) is 16.4. The van der Waals surface area contributed by atoms with E-state index < -0.39 is 0 Å². The van der Waals surface area contributed by atoms with Crippen molar-refractivity contribution in [1.29, 1.82) is 0 Å². The zero-order valence-electron chi connectivity index (χ0n) is 25.9. The van der Waals surface area contributed by atoms with Gasteiger partial charge in [0, 0.05) is 11.3 Å². The van der Waals surface area contributed by atoms with E-state index >= 15 is 0 Å². The molecule has 3 fully saturated rings. The molecule has 0 spiro atoms. The average molecular weight is 574 g/mol. The number of benzene rings is 2. The first kappa shape index (κ1) is 27.3. The van der Waals surface area contributed by atoms with Gasteiger partial charge in [-0.15, -0.1) is 0 Å². The summed E-state index contributed by atoms with van der Waals surface area (Å²) in [5.74, 6) is 3.79. The summed E-state index contributed by atoms with van der Waals surface area (Å²) in [7, 11) is 0. The molecule has 0 radical (unpaired) electrons. The van der Waals surface area contributed by atoms with Gasteiger partial charge in [-0.3, -0.25) is 9.36 Å². The number of para-hydroxylation sites is 1. The summed E-state index contributed by atoms with van der Waals surface area (Å²) in [6.07, 6.45) is 8.83. The van der Waals surface area contributed by atoms with E-state index in [-0.39, 0.29) is 22.5 Å². The third kappa shape index (κ3) is 3.89. The lowest BCUT2D eigenvalue weighted by atomic mass is 9.45. The number of pyridine rings is 1. The van der Waals surface area contributed by atoms with E-state index in [1.54, 1.807) is 0 Å². The third-order valence-electron chi connectivity index (χ3n) is 12.8. The molecule has 5 heteroatoms. The number of aliphatic hydroxyl groups is 1. The molecule has 43 heavy (non-hydrogen) atoms. The van der Waals surface area contributed by atoms with Gasteiger partial charge in [-0.25, -0.2) is 4.98 Å². The van der Waals surface area contributed by atoms with Crippen LogP contribution in [0.25, 0.3) is 28.5 Å². The zero-order chi connectivity index (χ0) is 29.7. The number of aromatic nitrogens is 3. The van der Waals surface area contributed by atoms with Crippen molar-refractivity contribution in [3.8, 4) is 28.5 Å². The minimum atomic E-state index is -0.200. The largest absolute Gasteiger partial charge is 0.393 e. The van der Waals surface area contributed by atoms with Crippen LogP contribution in [0.3, 0.4) is 0 Å². The highest BCUT2D eigenvalue weighted by Gasteiger charge is 2.60. The highest BCUT2D eigenvalue weighted by molar-refractivity contribution is 5.68. The number of rotatable bonds is 2. The van der Waals surface area contributed by atoms with Crippen molar-refractivity contribution in [3.05, 3.63) is 87.3 Å². The van der Waals surface area contributed by atoms with Crippen LogP contribution in [0.5, 0.6) is 0 Å². The maximum absolute atomic E-state index is 13.8. The average Bonchev–Trinajstić information content (AvgIpc) is 3.30. The molecule has 0 aromatic heterocycles. The molecule has 7 atom stereocenters. The van der Waals surface area contributed by atoms with E-state index in [1.165, 1.54) is 48.1 Å². The van der Waals surface area contributed by atoms with Crippen LogP contribution in [0.15, 0.2) is 59.4 Å². The van der Waals surface area contributed by atoms with Gasteiger partial charge in [0.15, 0.2) is 11.6 Å². The fourth-order valence-corrected chi connectivity index (χ4v) is 10.5. The smallest absolute Gasteiger partial charge is 0.282 e. The minimum absolute atomic E-state index is 0.0871. The molecule has 1 N–H and O–H groups in total. The van der Waals surface area contributed by atoms with Crippen LogP contribution >= 0.6 is 0 Å². The molecule has 2 aromatic carbocycles. The van der Waals surface area contributed by atoms with Crippen LogP contribution in [0, 0.1) is 48.3 Å². The Balaban J connectivity index is 1.32. The Morgan fingerprint density at radius 2 is 1.60 bits per heavy atom. The summed E-state index contributed by atoms with van der Waals surface area (Å²) in [6.45, 7) is 9.28. The van der Waals surface area contributed by atoms with Crippen LogP contribution < -0.4 is 5.56 Å². The van der Waals surface area contributed by atoms with Gasteiger partial charge in [0.05, 0.1) is 17.4 Å². The number of nitrogens with zero attached hydrogens (tertiary/aromatic N) is 3. The molecule has 5 nitrogen and oxygen atoms in total. The molecule has 4 aliphatic carbocycles. The molecule has 0 amide bonds. The number of hydrogen-bond donors (Lipinski definition) is 1. The Kier molecular flexibility index (Phi) is 6.08. The molecule has 2 aliphatic heterocycles. The monoisotopic (exact) mass is 573 g/mol. The van der Waals surface area contributed by atoms with Gasteiger partial charge in [0.25, 0.3) is 5.56 Å². The number of aryl methyl sites for hydroxylation is 2. The van der Waals surface area contributed by atoms with Crippen LogP contribution in [-0.2, 0) is 12.8 Å². The number of aliphatic hydroxyl groups excluding tert-OH is 1. The lowest BCUT2D eigenvalue weighted by molar-refractivity contribution is -0.111. The number of hydrogen-bond acceptors (Lipinski definition) is 4. The maximum atomic E-state index is 13.8. The molecule has 0 unspecified atom stereocenters. The van der Waals surface area contributed by atoms with Crippen molar-refractivity contribution < 1.29 is 5.11 Å². The molecule has 0 bridgehead atoms. The van der Waals surface area contributed by atoms with Crippen LogP contribution in [-0.4, -0.2) is 25.7 Å². The summed E-state index contributed by atoms with van der Waals surface area (Å²) in [4.78, 5) is 23.5. The summed E-state index contributed by atoms with van der Waals surface area (Å²) < 4.78 is 2.35. The van der Waals surface area contributed by atoms with Crippen molar-refractivity contribution in [1.82, 2.24) is 14.5 Å². The van der Waals surface area contributed by atoms with Gasteiger partial charge in [0.1, 0.15) is 0 Å². The topological polar surface area (TPSA) is 68.0 Å². The van der Waals surface area contributed by atoms with Gasteiger partial charge in [-0.1, -0.05) is 62.4 Å². The highest BCUT2D eigenvalue weighted by Crippen LogP contribution is 2.65. The SMILES string of the molecule is Cc1cccc(C)c1-n1c2nc(-c3ccccc3)nc(=O)c-2cc2c1C[C@@H]1CC[C@@H]3[C@H](CC[C@]4(C)[C@@H](O)CC[C@@H]34)[C@@]1(C)C2. The normalized spacial score (nSPS) is 33.0. The fourth-order valence-electron chi connectivity index (χ4n) is 10.5. The molecule has 2 heterocycles. The summed E-state index contributed by atoms with van der Waals surface area (Å²) in [5, 5.41) is 11.0. The first-order valence-electron chi connectivity index (χ1n) is 16.4. The van der Waals surface area contributed by atoms with E-state index in [4.69, 9.17) is 4.98 Å². The molecule has 222 valence electrons. The van der Waals surface area contributed by atoms with Gasteiger partial charge in [-0.2, -0.15) is 4.98 Å². The van der Waals surface area contributed by atoms with Crippen LogP contribution in [0.4, 0.5) is 0 Å². The second-order valence-corrected chi connectivity index (χ2v) is 14.8. The summed E-state index contributed by atoms with van der Waals surface area (Å²) in [6, 6.07) is 18.5. The second-order valence-electron chi connectivity index (χ2n) is 14.8. The molecule has 8 rings (SSSR count). The predicted octanol–water partition coefficient (Wildman–Crippen LogP) is 7.33. The van der Waals surface area contributed by atoms with Crippen molar-refractivity contribution in [2.75, 3.05) is 0 Å².